The maximum atomic E-state index is 14.5. The Kier molecular flexibility index (Phi) is 6.92. The van der Waals surface area contributed by atoms with Crippen LogP contribution >= 0.6 is 0 Å². The van der Waals surface area contributed by atoms with Crippen molar-refractivity contribution in [1.29, 1.82) is 0 Å². The number of esters is 2. The molecule has 216 valence electrons. The van der Waals surface area contributed by atoms with Gasteiger partial charge in [0.1, 0.15) is 6.10 Å². The maximum Gasteiger partial charge on any atom is 0.432 e. The summed E-state index contributed by atoms with van der Waals surface area (Å²) in [6.45, 7) is 6.44. The Morgan fingerprint density at radius 1 is 0.897 bits per heavy atom. The summed E-state index contributed by atoms with van der Waals surface area (Å²) in [5, 5.41) is 0. The molecule has 0 saturated heterocycles. The van der Waals surface area contributed by atoms with Gasteiger partial charge in [0.15, 0.2) is 0 Å². The van der Waals surface area contributed by atoms with Crippen molar-refractivity contribution in [1.82, 2.24) is 0 Å². The smallest absolute Gasteiger partial charge is 0.432 e. The fraction of sp³-hybridized carbons (Fsp3) is 0.742. The second kappa shape index (κ2) is 9.49. The number of carbonyl (C=O) groups is 2. The highest BCUT2D eigenvalue weighted by atomic mass is 19.4. The zero-order valence-corrected chi connectivity index (χ0v) is 23.6. The van der Waals surface area contributed by atoms with Gasteiger partial charge in [0.05, 0.1) is 13.0 Å². The first-order chi connectivity index (χ1) is 18.3. The minimum atomic E-state index is -5.00. The lowest BCUT2D eigenvalue weighted by molar-refractivity contribution is -0.283. The van der Waals surface area contributed by atoms with Gasteiger partial charge in [0.25, 0.3) is 5.60 Å². The molecule has 0 aromatic heterocycles. The van der Waals surface area contributed by atoms with Crippen molar-refractivity contribution < 1.29 is 37.0 Å². The Morgan fingerprint density at radius 2 is 1.59 bits per heavy atom. The number of halogens is 3. The predicted molar refractivity (Wildman–Crippen MR) is 138 cm³/mol. The summed E-state index contributed by atoms with van der Waals surface area (Å²) in [7, 11) is 2.38. The monoisotopic (exact) mass is 550 g/mol. The summed E-state index contributed by atoms with van der Waals surface area (Å²) >= 11 is 0. The van der Waals surface area contributed by atoms with Gasteiger partial charge in [0, 0.05) is 18.1 Å². The van der Waals surface area contributed by atoms with Gasteiger partial charge < -0.3 is 14.2 Å². The van der Waals surface area contributed by atoms with E-state index < -0.39 is 29.3 Å². The Balaban J connectivity index is 1.41. The van der Waals surface area contributed by atoms with Gasteiger partial charge in [-0.1, -0.05) is 51.1 Å². The first-order valence-corrected chi connectivity index (χ1v) is 14.2. The highest BCUT2D eigenvalue weighted by Crippen LogP contribution is 2.72. The van der Waals surface area contributed by atoms with Crippen LogP contribution in [0.25, 0.3) is 0 Å². The number of hydrogen-bond donors (Lipinski definition) is 0. The Hall–Kier alpha value is -2.09. The number of ether oxygens (including phenoxy) is 3. The third-order valence-corrected chi connectivity index (χ3v) is 11.6. The van der Waals surface area contributed by atoms with E-state index in [9.17, 15) is 22.8 Å². The zero-order valence-electron chi connectivity index (χ0n) is 23.6. The predicted octanol–water partition coefficient (Wildman–Crippen LogP) is 6.83. The SMILES string of the molecule is COC(=O)[C@@H]1C[C@@]23CC[C@@H]4C(C)(C)[C@H](OC(=O)[C@@](OC)(c5ccccc5)C(F)(F)F)CC[C@@]4(C)[C@@H]2CC[C@H]1C3. The van der Waals surface area contributed by atoms with E-state index in [-0.39, 0.29) is 34.2 Å². The largest absolute Gasteiger partial charge is 0.469 e. The number of methoxy groups -OCH3 is 2. The van der Waals surface area contributed by atoms with Crippen LogP contribution in [0.2, 0.25) is 0 Å². The molecule has 8 heteroatoms. The van der Waals surface area contributed by atoms with Crippen molar-refractivity contribution in [2.75, 3.05) is 14.2 Å². The molecule has 1 aromatic rings. The molecule has 1 spiro atoms. The molecule has 0 unspecified atom stereocenters. The summed E-state index contributed by atoms with van der Waals surface area (Å²) < 4.78 is 59.5. The number of carbonyl (C=O) groups excluding carboxylic acids is 2. The second-order valence-electron chi connectivity index (χ2n) is 13.4. The average molecular weight is 551 g/mol. The lowest BCUT2D eigenvalue weighted by atomic mass is 9.41. The Bertz CT molecular complexity index is 1100. The van der Waals surface area contributed by atoms with Gasteiger partial charge in [-0.2, -0.15) is 13.2 Å². The van der Waals surface area contributed by atoms with Crippen LogP contribution in [0.1, 0.15) is 77.7 Å². The van der Waals surface area contributed by atoms with Gasteiger partial charge in [-0.05, 0) is 80.0 Å². The average Bonchev–Trinajstić information content (AvgIpc) is 3.15. The molecule has 8 atom stereocenters. The van der Waals surface area contributed by atoms with Crippen molar-refractivity contribution in [2.45, 2.75) is 90.0 Å². The molecule has 1 aromatic carbocycles. The fourth-order valence-corrected chi connectivity index (χ4v) is 9.88. The summed E-state index contributed by atoms with van der Waals surface area (Å²) in [5.74, 6) is -0.543. The number of rotatable bonds is 5. The van der Waals surface area contributed by atoms with E-state index in [1.54, 1.807) is 6.07 Å². The van der Waals surface area contributed by atoms with Crippen LogP contribution in [0.15, 0.2) is 30.3 Å². The summed E-state index contributed by atoms with van der Waals surface area (Å²) in [5.41, 5.74) is -3.93. The van der Waals surface area contributed by atoms with Crippen LogP contribution in [-0.2, 0) is 29.4 Å². The Labute approximate surface area is 229 Å². The lowest BCUT2D eigenvalue weighted by Crippen LogP contribution is -2.61. The molecular weight excluding hydrogens is 509 g/mol. The molecule has 5 rings (SSSR count). The quantitative estimate of drug-likeness (QED) is 0.376. The molecule has 39 heavy (non-hydrogen) atoms. The summed E-state index contributed by atoms with van der Waals surface area (Å²) in [6, 6.07) is 7.01. The number of benzene rings is 1. The van der Waals surface area contributed by atoms with Gasteiger partial charge in [-0.15, -0.1) is 0 Å². The molecule has 5 nitrogen and oxygen atoms in total. The highest BCUT2D eigenvalue weighted by molar-refractivity contribution is 5.83. The third kappa shape index (κ3) is 4.06. The topological polar surface area (TPSA) is 61.8 Å². The molecule has 4 saturated carbocycles. The van der Waals surface area contributed by atoms with Crippen molar-refractivity contribution in [3.8, 4) is 0 Å². The number of hydrogen-bond acceptors (Lipinski definition) is 5. The molecule has 0 heterocycles. The van der Waals surface area contributed by atoms with Gasteiger partial charge in [0.2, 0.25) is 0 Å². The highest BCUT2D eigenvalue weighted by Gasteiger charge is 2.68. The van der Waals surface area contributed by atoms with E-state index in [1.807, 2.05) is 13.8 Å². The Morgan fingerprint density at radius 3 is 2.21 bits per heavy atom. The molecule has 4 aliphatic rings. The molecular formula is C31H41F3O5. The van der Waals surface area contributed by atoms with Crippen LogP contribution in [0.3, 0.4) is 0 Å². The van der Waals surface area contributed by atoms with Crippen molar-refractivity contribution in [3.63, 3.8) is 0 Å². The third-order valence-electron chi connectivity index (χ3n) is 11.6. The molecule has 4 fully saturated rings. The van der Waals surface area contributed by atoms with Crippen LogP contribution in [0.4, 0.5) is 13.2 Å². The number of fused-ring (bicyclic) bond motifs is 3. The van der Waals surface area contributed by atoms with Crippen molar-refractivity contribution >= 4 is 11.9 Å². The van der Waals surface area contributed by atoms with Gasteiger partial charge in [-0.25, -0.2) is 4.79 Å². The van der Waals surface area contributed by atoms with Crippen molar-refractivity contribution in [3.05, 3.63) is 35.9 Å². The first-order valence-electron chi connectivity index (χ1n) is 14.2. The first kappa shape index (κ1) is 28.4. The van der Waals surface area contributed by atoms with E-state index >= 15 is 0 Å². The van der Waals surface area contributed by atoms with Crippen LogP contribution in [0, 0.1) is 39.9 Å². The second-order valence-corrected chi connectivity index (χ2v) is 13.4. The molecule has 0 N–H and O–H groups in total. The van der Waals surface area contributed by atoms with Crippen LogP contribution < -0.4 is 0 Å². The maximum absolute atomic E-state index is 14.5. The molecule has 4 aliphatic carbocycles. The number of alkyl halides is 3. The summed E-state index contributed by atoms with van der Waals surface area (Å²) in [4.78, 5) is 26.0. The zero-order chi connectivity index (χ0) is 28.4. The van der Waals surface area contributed by atoms with Gasteiger partial charge in [-0.3, -0.25) is 4.79 Å². The minimum Gasteiger partial charge on any atom is -0.469 e. The van der Waals surface area contributed by atoms with E-state index in [0.29, 0.717) is 18.3 Å². The lowest BCUT2D eigenvalue weighted by Gasteiger charge is -2.65. The molecule has 0 aliphatic heterocycles. The normalized spacial score (nSPS) is 38.6. The molecule has 0 radical (unpaired) electrons. The van der Waals surface area contributed by atoms with E-state index in [2.05, 4.69) is 6.92 Å². The van der Waals surface area contributed by atoms with Crippen molar-refractivity contribution in [2.24, 2.45) is 39.9 Å². The summed E-state index contributed by atoms with van der Waals surface area (Å²) in [6.07, 6.45) is 1.48. The van der Waals surface area contributed by atoms with E-state index in [1.165, 1.54) is 31.4 Å². The fourth-order valence-electron chi connectivity index (χ4n) is 9.88. The minimum absolute atomic E-state index is 0.0343. The van der Waals surface area contributed by atoms with E-state index in [4.69, 9.17) is 14.2 Å². The van der Waals surface area contributed by atoms with Crippen LogP contribution in [0.5, 0.6) is 0 Å². The molecule has 0 amide bonds. The van der Waals surface area contributed by atoms with Gasteiger partial charge >= 0.3 is 18.1 Å². The van der Waals surface area contributed by atoms with E-state index in [0.717, 1.165) is 52.1 Å². The molecule has 2 bridgehead atoms. The standard InChI is InChI=1S/C31H41F3O5/c1-27(2)22-13-16-29-17-19(21(18-29)25(35)37-4)11-12-23(29)28(22,3)15-14-24(27)39-26(36)30(38-5,31(32,33)34)20-9-7-6-8-10-20/h6-10,19,21-24H,11-18H2,1-5H3/t19-,21+,22+,23-,24+,28+,29-,30-/m0/s1. The van der Waals surface area contributed by atoms with Crippen LogP contribution in [-0.4, -0.2) is 38.4 Å².